The maximum Gasteiger partial charge on any atom is 0.453 e. The number of phenolic OH excluding ortho intramolecular Hbond substituents is 1. The first kappa shape index (κ1) is 94.0. The van der Waals surface area contributed by atoms with Gasteiger partial charge in [-0.1, -0.05) is 62.2 Å². The third-order valence-corrected chi connectivity index (χ3v) is 21.2. The van der Waals surface area contributed by atoms with Gasteiger partial charge in [0, 0.05) is 57.8 Å². The summed E-state index contributed by atoms with van der Waals surface area (Å²) in [4.78, 5) is 48.3. The molecule has 0 saturated carbocycles. The van der Waals surface area contributed by atoms with Crippen LogP contribution in [0.4, 0.5) is 45.5 Å². The molecule has 0 bridgehead atoms. The van der Waals surface area contributed by atoms with Gasteiger partial charge in [0.2, 0.25) is 20.0 Å². The summed E-state index contributed by atoms with van der Waals surface area (Å²) in [7, 11) is -8.20. The van der Waals surface area contributed by atoms with Crippen molar-refractivity contribution >= 4 is 44.4 Å². The van der Waals surface area contributed by atoms with Gasteiger partial charge in [-0.3, -0.25) is 0 Å². The molecule has 4 fully saturated rings. The van der Waals surface area contributed by atoms with Gasteiger partial charge >= 0.3 is 36.7 Å². The van der Waals surface area contributed by atoms with Crippen LogP contribution in [0.3, 0.4) is 0 Å². The Labute approximate surface area is 664 Å². The molecule has 4 aromatic carbocycles. The molecule has 10 atom stereocenters. The molecular weight excluding hydrogens is 1570 g/mol. The van der Waals surface area contributed by atoms with E-state index in [1.807, 2.05) is 27.7 Å². The average Bonchev–Trinajstić information content (AvgIpc) is 1.75. The Bertz CT molecular complexity index is 3990. The molecule has 6 N–H and O–H groups in total. The van der Waals surface area contributed by atoms with Crippen LogP contribution in [-0.4, -0.2) is 235 Å². The summed E-state index contributed by atoms with van der Waals surface area (Å²) in [6, 6.07) is 19.7. The number of sulfonamides is 2. The molecule has 31 nitrogen and oxygen atoms in total. The highest BCUT2D eigenvalue weighted by molar-refractivity contribution is 7.89. The summed E-state index contributed by atoms with van der Waals surface area (Å²) in [6.45, 7) is 19.4. The first-order valence-electron chi connectivity index (χ1n) is 37.6. The van der Waals surface area contributed by atoms with Crippen LogP contribution in [0.5, 0.6) is 34.5 Å². The minimum Gasteiger partial charge on any atom is -0.508 e. The Morgan fingerprint density at radius 1 is 0.530 bits per heavy atom. The van der Waals surface area contributed by atoms with Gasteiger partial charge in [-0.25, -0.2) is 36.0 Å². The number of nitrogens with one attached hydrogen (secondary N) is 2. The van der Waals surface area contributed by atoms with Crippen molar-refractivity contribution in [3.63, 3.8) is 0 Å². The van der Waals surface area contributed by atoms with E-state index in [1.165, 1.54) is 51.1 Å². The Balaban J connectivity index is 0.000000250. The van der Waals surface area contributed by atoms with Crippen molar-refractivity contribution in [1.29, 1.82) is 0 Å². The second-order valence-electron chi connectivity index (χ2n) is 30.5. The van der Waals surface area contributed by atoms with Gasteiger partial charge in [-0.05, 0) is 152 Å². The maximum absolute atomic E-state index is 13.9. The van der Waals surface area contributed by atoms with Gasteiger partial charge in [0.25, 0.3) is 0 Å². The molecule has 0 radical (unpaired) electrons. The number of hydrogen-bond acceptors (Lipinski definition) is 25. The molecule has 6 heterocycles. The van der Waals surface area contributed by atoms with Crippen LogP contribution in [0.1, 0.15) is 119 Å². The van der Waals surface area contributed by atoms with E-state index in [1.54, 1.807) is 84.0 Å². The smallest absolute Gasteiger partial charge is 0.453 e. The molecule has 0 unspecified atom stereocenters. The number of carbonyl (C=O) groups is 4. The van der Waals surface area contributed by atoms with Crippen LogP contribution in [0.2, 0.25) is 0 Å². The predicted molar refractivity (Wildman–Crippen MR) is 398 cm³/mol. The molecular formula is C76H106F6N6O25S2. The third kappa shape index (κ3) is 31.7. The number of amides is 4. The SMILES string of the molecule is CC(C)(C)OC(=O)N=NC(=O)OC(C)(C)C.CC(C)CN(C[C@@H](O)[C@H](Cc1ccc(O)cc1)NC(=O)O[C@@H]1CO[C@H]2OCC[C@H]21)S(=O)(=O)c1ccc2c(c1)OCCO2.CC(C)CN(C[C@@H](O)[C@H](Cc1ccc(OCCCC(F)(F)F)cc1)NC(=O)O[C@@H]1CO[C@H]2OCC[C@H]21)S(=O)(=O)c1ccc2c(c1)OCCO2.OCCCC(F)(F)F. The minimum absolute atomic E-state index is 0.0108. The number of alkyl halides is 6. The van der Waals surface area contributed by atoms with E-state index in [0.717, 1.165) is 5.56 Å². The zero-order chi connectivity index (χ0) is 84.6. The molecule has 39 heteroatoms. The predicted octanol–water partition coefficient (Wildman–Crippen LogP) is 11.2. The number of alkyl carbamates (subject to hydrolysis) is 2. The molecule has 4 amide bonds. The minimum atomic E-state index is -4.26. The van der Waals surface area contributed by atoms with Crippen LogP contribution in [0.15, 0.2) is 105 Å². The van der Waals surface area contributed by atoms with Crippen molar-refractivity contribution in [3.05, 3.63) is 96.1 Å². The van der Waals surface area contributed by atoms with Crippen molar-refractivity contribution in [2.24, 2.45) is 33.9 Å². The van der Waals surface area contributed by atoms with Crippen LogP contribution in [-0.2, 0) is 70.8 Å². The number of benzene rings is 4. The quantitative estimate of drug-likeness (QED) is 0.0133. The highest BCUT2D eigenvalue weighted by atomic mass is 32.2. The molecule has 4 saturated heterocycles. The van der Waals surface area contributed by atoms with Crippen molar-refractivity contribution < 1.29 is 144 Å². The van der Waals surface area contributed by atoms with E-state index in [2.05, 4.69) is 20.9 Å². The first-order chi connectivity index (χ1) is 53.9. The second kappa shape index (κ2) is 42.8. The molecule has 6 aliphatic rings. The molecule has 644 valence electrons. The van der Waals surface area contributed by atoms with Gasteiger partial charge in [0.1, 0.15) is 61.3 Å². The van der Waals surface area contributed by atoms with Gasteiger partial charge in [0.05, 0.1) is 79.0 Å². The maximum atomic E-state index is 13.9. The largest absolute Gasteiger partial charge is 0.508 e. The van der Waals surface area contributed by atoms with Crippen LogP contribution in [0, 0.1) is 23.7 Å². The number of aliphatic hydroxyl groups is 3. The number of hydrogen-bond donors (Lipinski definition) is 6. The van der Waals surface area contributed by atoms with E-state index in [9.17, 15) is 77.7 Å². The fourth-order valence-electron chi connectivity index (χ4n) is 12.3. The lowest BCUT2D eigenvalue weighted by atomic mass is 10.0. The number of aromatic hydroxyl groups is 1. The Morgan fingerprint density at radius 2 is 0.913 bits per heavy atom. The topological polar surface area (TPSA) is 393 Å². The summed E-state index contributed by atoms with van der Waals surface area (Å²) in [5.41, 5.74) is 0.0370. The average molecular weight is 1680 g/mol. The van der Waals surface area contributed by atoms with Gasteiger partial charge in [-0.15, -0.1) is 0 Å². The monoisotopic (exact) mass is 1680 g/mol. The highest BCUT2D eigenvalue weighted by Crippen LogP contribution is 2.38. The first-order valence-corrected chi connectivity index (χ1v) is 40.5. The summed E-state index contributed by atoms with van der Waals surface area (Å²) in [5.74, 6) is 1.64. The van der Waals surface area contributed by atoms with E-state index in [-0.39, 0.29) is 124 Å². The van der Waals surface area contributed by atoms with Crippen molar-refractivity contribution in [2.45, 2.75) is 203 Å². The summed E-state index contributed by atoms with van der Waals surface area (Å²) >= 11 is 0. The normalized spacial score (nSPS) is 20.3. The molecule has 0 spiro atoms. The molecule has 4 aromatic rings. The van der Waals surface area contributed by atoms with Gasteiger partial charge < -0.3 is 92.6 Å². The number of carbonyl (C=O) groups excluding carboxylic acids is 4. The Morgan fingerprint density at radius 3 is 1.28 bits per heavy atom. The van der Waals surface area contributed by atoms with E-state index < -0.39 is 130 Å². The van der Waals surface area contributed by atoms with Crippen molar-refractivity contribution in [3.8, 4) is 34.5 Å². The molecule has 6 aliphatic heterocycles. The van der Waals surface area contributed by atoms with Crippen molar-refractivity contribution in [2.75, 3.05) is 92.2 Å². The number of fused-ring (bicyclic) bond motifs is 4. The summed E-state index contributed by atoms with van der Waals surface area (Å²) < 4.78 is 199. The highest BCUT2D eigenvalue weighted by Gasteiger charge is 2.46. The lowest BCUT2D eigenvalue weighted by Crippen LogP contribution is -2.51. The number of aliphatic hydroxyl groups excluding tert-OH is 3. The van der Waals surface area contributed by atoms with Gasteiger partial charge in [0.15, 0.2) is 35.6 Å². The van der Waals surface area contributed by atoms with Crippen LogP contribution in [0.25, 0.3) is 0 Å². The number of ether oxygens (including phenoxy) is 13. The van der Waals surface area contributed by atoms with Gasteiger partial charge in [-0.2, -0.15) is 35.0 Å². The molecule has 115 heavy (non-hydrogen) atoms. The number of rotatable bonds is 28. The number of azo groups is 1. The summed E-state index contributed by atoms with van der Waals surface area (Å²) in [5, 5.41) is 52.3. The number of halogens is 6. The number of nitrogens with zero attached hydrogens (tertiary/aromatic N) is 4. The molecule has 10 rings (SSSR count). The summed E-state index contributed by atoms with van der Waals surface area (Å²) in [6.07, 6.45) is -16.9. The van der Waals surface area contributed by atoms with E-state index in [4.69, 9.17) is 66.7 Å². The Hall–Kier alpha value is -8.12. The van der Waals surface area contributed by atoms with E-state index >= 15 is 0 Å². The zero-order valence-corrected chi connectivity index (χ0v) is 67.4. The second-order valence-corrected chi connectivity index (χ2v) is 34.4. The van der Waals surface area contributed by atoms with Crippen LogP contribution < -0.4 is 34.3 Å². The fourth-order valence-corrected chi connectivity index (χ4v) is 15.5. The fraction of sp³-hybridized carbons (Fsp3) is 0.632. The zero-order valence-electron chi connectivity index (χ0n) is 65.8. The number of phenols is 1. The third-order valence-electron chi connectivity index (χ3n) is 17.5. The van der Waals surface area contributed by atoms with E-state index in [0.29, 0.717) is 80.2 Å². The van der Waals surface area contributed by atoms with Crippen LogP contribution >= 0.6 is 0 Å². The lowest BCUT2D eigenvalue weighted by Gasteiger charge is -2.31. The standard InChI is InChI=1S/C33H43F3N2O10S.C29H38N2O10S.C10H18N2O4.C4H7F3O/c1-21(2)18-38(49(41,42)24-8-9-28-29(17-24)45-15-14-44-28)19-27(39)26(37-32(40)48-30-20-47-31-25(30)10-13-46-31)16-22-4-6-23(7-5-22)43-12-3-11-33(34,35)36;1-18(2)15-31(42(35,36)21-7-8-25-26(14-21)38-12-11-37-25)16-24(33)23(13-19-3-5-20(32)6-4-19)30-29(34)41-27-17-40-28-22(27)9-10-39-28;1-9(2,3)15-7(13)11-12-8(14)16-10(4,5)6;5-4(6,7)2-1-3-8/h4-9,17,21,25-27,30-31,39H,3,10-16,18-20H2,1-2H3,(H,37,40);3-8,14,18,22-24,27-28,32-33H,9-13,15-17H2,1-2H3,(H,30,34);1-6H3;8H,1-3H2/t25-,26-,27+,30+,31+;22-,23-,24+,27+,28+;;/m00../s1. The molecule has 0 aromatic heterocycles. The Kier molecular flexibility index (Phi) is 35.0. The van der Waals surface area contributed by atoms with Crippen molar-refractivity contribution in [1.82, 2.24) is 19.2 Å². The molecule has 0 aliphatic carbocycles. The lowest BCUT2D eigenvalue weighted by molar-refractivity contribution is -0.137.